The molecular weight excluding hydrogens is 148 g/mol. The molecule has 1 aromatic carbocycles. The summed E-state index contributed by atoms with van der Waals surface area (Å²) in [7, 11) is 0. The molecule has 0 bridgehead atoms. The summed E-state index contributed by atoms with van der Waals surface area (Å²) in [6.45, 7) is 3.88. The fraction of sp³-hybridized carbons (Fsp3) is 0.182. The Morgan fingerprint density at radius 1 is 1.17 bits per heavy atom. The van der Waals surface area contributed by atoms with Gasteiger partial charge in [-0.2, -0.15) is 0 Å². The number of Topliss-reactive ketones (excluding diaryl/α,β-unsaturated/α-hetero) is 1. The number of fused-ring (bicyclic) bond motifs is 3. The molecule has 0 aromatic heterocycles. The topological polar surface area (TPSA) is 17.1 Å². The molecule has 2 atom stereocenters. The molecule has 0 N–H and O–H groups in total. The minimum Gasteiger partial charge on any atom is -0.293 e. The minimum atomic E-state index is 0.141. The molecule has 1 saturated carbocycles. The van der Waals surface area contributed by atoms with Crippen molar-refractivity contribution < 1.29 is 4.79 Å². The zero-order valence-electron chi connectivity index (χ0n) is 6.58. The maximum atomic E-state index is 11.6. The zero-order chi connectivity index (χ0) is 8.29. The van der Waals surface area contributed by atoms with Crippen molar-refractivity contribution in [3.8, 4) is 0 Å². The van der Waals surface area contributed by atoms with Gasteiger partial charge in [0.1, 0.15) is 0 Å². The Balaban J connectivity index is 2.29. The summed E-state index contributed by atoms with van der Waals surface area (Å²) in [5.74, 6) is 0.789. The van der Waals surface area contributed by atoms with E-state index in [4.69, 9.17) is 0 Å². The first-order valence-corrected chi connectivity index (χ1v) is 4.12. The van der Waals surface area contributed by atoms with Gasteiger partial charge < -0.3 is 0 Å². The van der Waals surface area contributed by atoms with E-state index < -0.39 is 0 Å². The second-order valence-electron chi connectivity index (χ2n) is 3.48. The molecule has 1 nitrogen and oxygen atoms in total. The molecule has 2 aliphatic rings. The van der Waals surface area contributed by atoms with Gasteiger partial charge in [-0.15, -0.1) is 0 Å². The molecule has 0 spiro atoms. The van der Waals surface area contributed by atoms with Crippen molar-refractivity contribution in [2.24, 2.45) is 5.92 Å². The number of hydrogen-bond acceptors (Lipinski definition) is 1. The molecule has 12 heavy (non-hydrogen) atoms. The summed E-state index contributed by atoms with van der Waals surface area (Å²) in [5.41, 5.74) is 3.22. The van der Waals surface area contributed by atoms with Crippen molar-refractivity contribution in [2.45, 2.75) is 5.92 Å². The average molecular weight is 156 g/mol. The number of hydrogen-bond donors (Lipinski definition) is 0. The Kier molecular flexibility index (Phi) is 0.868. The van der Waals surface area contributed by atoms with Gasteiger partial charge in [0.25, 0.3) is 0 Å². The van der Waals surface area contributed by atoms with Crippen molar-refractivity contribution in [3.05, 3.63) is 47.5 Å². The third kappa shape index (κ3) is 0.502. The summed E-state index contributed by atoms with van der Waals surface area (Å²) < 4.78 is 0. The molecule has 1 heteroatoms. The highest BCUT2D eigenvalue weighted by Crippen LogP contribution is 2.59. The molecule has 58 valence electrons. The van der Waals surface area contributed by atoms with Crippen LogP contribution in [0.1, 0.15) is 21.8 Å². The van der Waals surface area contributed by atoms with Gasteiger partial charge in [0.05, 0.1) is 5.92 Å². The SMILES string of the molecule is C=C1C2C(=O)c3ccccc3C12. The number of benzene rings is 1. The largest absolute Gasteiger partial charge is 0.293 e. The van der Waals surface area contributed by atoms with Crippen molar-refractivity contribution in [3.63, 3.8) is 0 Å². The lowest BCUT2D eigenvalue weighted by atomic mass is 10.0. The highest BCUT2D eigenvalue weighted by molar-refractivity contribution is 6.09. The Bertz CT molecular complexity index is 403. The lowest BCUT2D eigenvalue weighted by molar-refractivity contribution is 0.0979. The van der Waals surface area contributed by atoms with E-state index in [2.05, 4.69) is 6.58 Å². The molecule has 0 aliphatic heterocycles. The average Bonchev–Trinajstić information content (AvgIpc) is 2.65. The maximum Gasteiger partial charge on any atom is 0.171 e. The van der Waals surface area contributed by atoms with Crippen LogP contribution in [0, 0.1) is 5.92 Å². The van der Waals surface area contributed by atoms with Gasteiger partial charge in [0.15, 0.2) is 5.78 Å². The maximum absolute atomic E-state index is 11.6. The Morgan fingerprint density at radius 3 is 2.75 bits per heavy atom. The van der Waals surface area contributed by atoms with Crippen molar-refractivity contribution in [2.75, 3.05) is 0 Å². The summed E-state index contributed by atoms with van der Waals surface area (Å²) in [5, 5.41) is 0. The molecule has 0 amide bonds. The van der Waals surface area contributed by atoms with E-state index in [1.165, 1.54) is 5.56 Å². The zero-order valence-corrected chi connectivity index (χ0v) is 6.58. The molecule has 2 aliphatic carbocycles. The monoisotopic (exact) mass is 156 g/mol. The number of allylic oxidation sites excluding steroid dienone is 1. The van der Waals surface area contributed by atoms with Crippen molar-refractivity contribution >= 4 is 5.78 Å². The van der Waals surface area contributed by atoms with E-state index >= 15 is 0 Å². The summed E-state index contributed by atoms with van der Waals surface area (Å²) in [4.78, 5) is 11.6. The van der Waals surface area contributed by atoms with Gasteiger partial charge in [-0.3, -0.25) is 4.79 Å². The van der Waals surface area contributed by atoms with E-state index in [1.807, 2.05) is 24.3 Å². The first-order chi connectivity index (χ1) is 5.80. The Labute approximate surface area is 70.7 Å². The molecular formula is C11H8O. The second-order valence-corrected chi connectivity index (χ2v) is 3.48. The number of ketones is 1. The van der Waals surface area contributed by atoms with Gasteiger partial charge >= 0.3 is 0 Å². The standard InChI is InChI=1S/C11H8O/c1-6-9-7-4-2-3-5-8(7)11(12)10(6)9/h2-5,9-10H,1H2. The van der Waals surface area contributed by atoms with Crippen LogP contribution in [0.2, 0.25) is 0 Å². The van der Waals surface area contributed by atoms with Crippen LogP contribution in [0.5, 0.6) is 0 Å². The van der Waals surface area contributed by atoms with E-state index in [0.717, 1.165) is 11.1 Å². The van der Waals surface area contributed by atoms with Crippen LogP contribution in [0.4, 0.5) is 0 Å². The van der Waals surface area contributed by atoms with Crippen LogP contribution < -0.4 is 0 Å². The lowest BCUT2D eigenvalue weighted by Gasteiger charge is -1.99. The third-order valence-corrected chi connectivity index (χ3v) is 2.87. The number of rotatable bonds is 0. The van der Waals surface area contributed by atoms with Crippen LogP contribution in [0.15, 0.2) is 36.4 Å². The Hall–Kier alpha value is -1.37. The molecule has 1 fully saturated rings. The van der Waals surface area contributed by atoms with Crippen LogP contribution in [-0.4, -0.2) is 5.78 Å². The van der Waals surface area contributed by atoms with Gasteiger partial charge in [-0.1, -0.05) is 36.4 Å². The third-order valence-electron chi connectivity index (χ3n) is 2.87. The molecule has 0 radical (unpaired) electrons. The quantitative estimate of drug-likeness (QED) is 0.526. The van der Waals surface area contributed by atoms with Gasteiger partial charge in [0, 0.05) is 11.5 Å². The molecule has 0 saturated heterocycles. The van der Waals surface area contributed by atoms with Crippen LogP contribution in [0.3, 0.4) is 0 Å². The van der Waals surface area contributed by atoms with E-state index in [-0.39, 0.29) is 11.7 Å². The van der Waals surface area contributed by atoms with Crippen LogP contribution in [0.25, 0.3) is 0 Å². The van der Waals surface area contributed by atoms with Gasteiger partial charge in [0.2, 0.25) is 0 Å². The van der Waals surface area contributed by atoms with Gasteiger partial charge in [-0.05, 0) is 5.56 Å². The highest BCUT2D eigenvalue weighted by Gasteiger charge is 2.55. The van der Waals surface area contributed by atoms with Crippen molar-refractivity contribution in [1.29, 1.82) is 0 Å². The predicted molar refractivity (Wildman–Crippen MR) is 46.1 cm³/mol. The smallest absolute Gasteiger partial charge is 0.171 e. The molecule has 1 aromatic rings. The van der Waals surface area contributed by atoms with E-state index in [1.54, 1.807) is 0 Å². The molecule has 2 unspecified atom stereocenters. The first-order valence-electron chi connectivity index (χ1n) is 4.12. The minimum absolute atomic E-state index is 0.141. The normalized spacial score (nSPS) is 30.0. The van der Waals surface area contributed by atoms with E-state index in [0.29, 0.717) is 5.92 Å². The lowest BCUT2D eigenvalue weighted by Crippen LogP contribution is -1.97. The predicted octanol–water partition coefficient (Wildman–Crippen LogP) is 2.15. The fourth-order valence-electron chi connectivity index (χ4n) is 2.17. The number of carbonyl (C=O) groups is 1. The summed E-state index contributed by atoms with van der Waals surface area (Å²) in [6.07, 6.45) is 0. The van der Waals surface area contributed by atoms with Gasteiger partial charge in [-0.25, -0.2) is 0 Å². The van der Waals surface area contributed by atoms with Crippen LogP contribution >= 0.6 is 0 Å². The summed E-state index contributed by atoms with van der Waals surface area (Å²) in [6, 6.07) is 7.86. The highest BCUT2D eigenvalue weighted by atomic mass is 16.1. The fourth-order valence-corrected chi connectivity index (χ4v) is 2.17. The summed E-state index contributed by atoms with van der Waals surface area (Å²) >= 11 is 0. The molecule has 0 heterocycles. The molecule has 3 rings (SSSR count). The first kappa shape index (κ1) is 6.18. The van der Waals surface area contributed by atoms with Crippen molar-refractivity contribution in [1.82, 2.24) is 0 Å². The Morgan fingerprint density at radius 2 is 1.92 bits per heavy atom. The van der Waals surface area contributed by atoms with E-state index in [9.17, 15) is 4.79 Å². The number of carbonyl (C=O) groups excluding carboxylic acids is 1. The van der Waals surface area contributed by atoms with Crippen LogP contribution in [-0.2, 0) is 0 Å². The second kappa shape index (κ2) is 1.69.